The fourth-order valence-electron chi connectivity index (χ4n) is 8.14. The van der Waals surface area contributed by atoms with E-state index in [0.717, 1.165) is 68.4 Å². The molecule has 2 aromatic rings. The molecule has 186 valence electrons. The molecule has 2 amide bonds. The van der Waals surface area contributed by atoms with Crippen molar-refractivity contribution in [3.05, 3.63) is 57.8 Å². The van der Waals surface area contributed by atoms with Gasteiger partial charge in [-0.1, -0.05) is 43.7 Å². The molecule has 4 aliphatic carbocycles. The molecular formula is C30H38N2O2S. The molecule has 1 atom stereocenters. The zero-order chi connectivity index (χ0) is 24.0. The number of hydrogen-bond donors (Lipinski definition) is 0. The summed E-state index contributed by atoms with van der Waals surface area (Å²) in [7, 11) is 0. The zero-order valence-corrected chi connectivity index (χ0v) is 21.8. The summed E-state index contributed by atoms with van der Waals surface area (Å²) in [6.45, 7) is 3.82. The van der Waals surface area contributed by atoms with E-state index >= 15 is 0 Å². The van der Waals surface area contributed by atoms with Gasteiger partial charge in [0.1, 0.15) is 0 Å². The van der Waals surface area contributed by atoms with Gasteiger partial charge in [-0.2, -0.15) is 0 Å². The van der Waals surface area contributed by atoms with Crippen LogP contribution in [-0.4, -0.2) is 41.2 Å². The Balaban J connectivity index is 1.25. The Kier molecular flexibility index (Phi) is 6.24. The van der Waals surface area contributed by atoms with E-state index in [1.807, 2.05) is 11.0 Å². The third-order valence-corrected chi connectivity index (χ3v) is 10.3. The molecule has 5 heteroatoms. The molecule has 0 radical (unpaired) electrons. The van der Waals surface area contributed by atoms with Crippen molar-refractivity contribution in [3.8, 4) is 0 Å². The maximum atomic E-state index is 14.2. The maximum Gasteiger partial charge on any atom is 0.242 e. The lowest BCUT2D eigenvalue weighted by atomic mass is 9.49. The van der Waals surface area contributed by atoms with Gasteiger partial charge < -0.3 is 9.80 Å². The average molecular weight is 491 g/mol. The number of carbonyl (C=O) groups excluding carboxylic acids is 2. The summed E-state index contributed by atoms with van der Waals surface area (Å²) in [5.41, 5.74) is 2.23. The van der Waals surface area contributed by atoms with Crippen LogP contribution in [0.1, 0.15) is 80.3 Å². The Morgan fingerprint density at radius 2 is 1.71 bits per heavy atom. The molecule has 0 N–H and O–H groups in total. The van der Waals surface area contributed by atoms with Gasteiger partial charge in [0.25, 0.3) is 0 Å². The van der Waals surface area contributed by atoms with Crippen LogP contribution >= 0.6 is 11.3 Å². The van der Waals surface area contributed by atoms with Gasteiger partial charge in [-0.05, 0) is 91.7 Å². The Labute approximate surface area is 213 Å². The van der Waals surface area contributed by atoms with Crippen molar-refractivity contribution in [3.63, 3.8) is 0 Å². The van der Waals surface area contributed by atoms with Gasteiger partial charge in [-0.3, -0.25) is 9.59 Å². The van der Waals surface area contributed by atoms with Crippen molar-refractivity contribution in [2.45, 2.75) is 70.8 Å². The summed E-state index contributed by atoms with van der Waals surface area (Å²) < 4.78 is 0. The van der Waals surface area contributed by atoms with Gasteiger partial charge >= 0.3 is 0 Å². The Morgan fingerprint density at radius 3 is 2.37 bits per heavy atom. The van der Waals surface area contributed by atoms with Crippen LogP contribution in [0.5, 0.6) is 0 Å². The zero-order valence-electron chi connectivity index (χ0n) is 21.0. The van der Waals surface area contributed by atoms with Crippen molar-refractivity contribution in [2.75, 3.05) is 19.6 Å². The molecule has 35 heavy (non-hydrogen) atoms. The first-order chi connectivity index (χ1) is 17.1. The molecule has 5 aliphatic rings. The first-order valence-electron chi connectivity index (χ1n) is 13.8. The number of fused-ring (bicyclic) bond motifs is 1. The minimum atomic E-state index is -0.190. The van der Waals surface area contributed by atoms with Gasteiger partial charge in [0.2, 0.25) is 11.8 Å². The highest BCUT2D eigenvalue weighted by molar-refractivity contribution is 7.10. The number of hydrogen-bond acceptors (Lipinski definition) is 3. The van der Waals surface area contributed by atoms with Crippen molar-refractivity contribution in [2.24, 2.45) is 23.2 Å². The number of rotatable bonds is 7. The van der Waals surface area contributed by atoms with Crippen LogP contribution in [0.25, 0.3) is 0 Å². The molecule has 1 aromatic heterocycles. The highest BCUT2D eigenvalue weighted by atomic mass is 32.1. The SMILES string of the molecule is CCCCN(CC(=O)N1CCc2sccc2C1c1ccccc1)C(=O)C12CC3CC(CC(C3)C1)C2. The Morgan fingerprint density at radius 1 is 1.03 bits per heavy atom. The molecule has 0 saturated heterocycles. The normalized spacial score (nSPS) is 30.8. The average Bonchev–Trinajstić information content (AvgIpc) is 3.34. The van der Waals surface area contributed by atoms with E-state index in [2.05, 4.69) is 47.5 Å². The van der Waals surface area contributed by atoms with Gasteiger partial charge in [0.05, 0.1) is 18.0 Å². The second-order valence-electron chi connectivity index (χ2n) is 11.7. The van der Waals surface area contributed by atoms with Crippen molar-refractivity contribution in [1.82, 2.24) is 9.80 Å². The molecule has 1 aromatic carbocycles. The van der Waals surface area contributed by atoms with Crippen LogP contribution in [0.4, 0.5) is 0 Å². The highest BCUT2D eigenvalue weighted by Crippen LogP contribution is 2.60. The van der Waals surface area contributed by atoms with Crippen LogP contribution < -0.4 is 0 Å². The number of benzene rings is 1. The minimum absolute atomic E-state index is 0.0543. The summed E-state index contributed by atoms with van der Waals surface area (Å²) in [4.78, 5) is 33.6. The largest absolute Gasteiger partial charge is 0.333 e. The van der Waals surface area contributed by atoms with E-state index in [9.17, 15) is 9.59 Å². The fraction of sp³-hybridized carbons (Fsp3) is 0.600. The summed E-state index contributed by atoms with van der Waals surface area (Å²) in [6.07, 6.45) is 10.1. The summed E-state index contributed by atoms with van der Waals surface area (Å²) >= 11 is 1.80. The topological polar surface area (TPSA) is 40.6 Å². The molecule has 0 spiro atoms. The van der Waals surface area contributed by atoms with Crippen molar-refractivity contribution >= 4 is 23.2 Å². The van der Waals surface area contributed by atoms with Gasteiger partial charge in [0.15, 0.2) is 0 Å². The molecule has 1 unspecified atom stereocenters. The van der Waals surface area contributed by atoms with Gasteiger partial charge in [-0.25, -0.2) is 0 Å². The van der Waals surface area contributed by atoms with Crippen LogP contribution in [0.2, 0.25) is 0 Å². The summed E-state index contributed by atoms with van der Waals surface area (Å²) in [5, 5.41) is 2.15. The number of carbonyl (C=O) groups is 2. The maximum absolute atomic E-state index is 14.2. The minimum Gasteiger partial charge on any atom is -0.333 e. The predicted octanol–water partition coefficient (Wildman–Crippen LogP) is 6.07. The molecule has 4 bridgehead atoms. The smallest absolute Gasteiger partial charge is 0.242 e. The summed E-state index contributed by atoms with van der Waals surface area (Å²) in [5.74, 6) is 2.59. The number of amides is 2. The predicted molar refractivity (Wildman–Crippen MR) is 140 cm³/mol. The Bertz CT molecular complexity index is 1040. The fourth-order valence-corrected chi connectivity index (χ4v) is 9.05. The van der Waals surface area contributed by atoms with E-state index in [-0.39, 0.29) is 23.9 Å². The van der Waals surface area contributed by atoms with Crippen molar-refractivity contribution in [1.29, 1.82) is 0 Å². The molecule has 7 rings (SSSR count). The molecule has 2 heterocycles. The quantitative estimate of drug-likeness (QED) is 0.473. The van der Waals surface area contributed by atoms with Crippen LogP contribution in [-0.2, 0) is 16.0 Å². The third kappa shape index (κ3) is 4.24. The second-order valence-corrected chi connectivity index (χ2v) is 12.7. The summed E-state index contributed by atoms with van der Waals surface area (Å²) in [6, 6.07) is 12.5. The van der Waals surface area contributed by atoms with Crippen LogP contribution in [0, 0.1) is 23.2 Å². The van der Waals surface area contributed by atoms with Gasteiger partial charge in [-0.15, -0.1) is 11.3 Å². The molecular weight excluding hydrogens is 452 g/mol. The third-order valence-electron chi connectivity index (χ3n) is 9.29. The van der Waals surface area contributed by atoms with E-state index in [0.29, 0.717) is 12.5 Å². The first-order valence-corrected chi connectivity index (χ1v) is 14.6. The lowest BCUT2D eigenvalue weighted by Gasteiger charge is -2.56. The highest BCUT2D eigenvalue weighted by Gasteiger charge is 2.55. The molecule has 4 nitrogen and oxygen atoms in total. The monoisotopic (exact) mass is 490 g/mol. The molecule has 1 aliphatic heterocycles. The van der Waals surface area contributed by atoms with E-state index in [1.165, 1.54) is 29.7 Å². The van der Waals surface area contributed by atoms with Gasteiger partial charge in [0, 0.05) is 18.0 Å². The Hall–Kier alpha value is -2.14. The molecule has 4 saturated carbocycles. The van der Waals surface area contributed by atoms with E-state index < -0.39 is 0 Å². The first kappa shape index (κ1) is 23.3. The number of thiophene rings is 1. The van der Waals surface area contributed by atoms with E-state index in [4.69, 9.17) is 0 Å². The second kappa shape index (κ2) is 9.38. The number of nitrogens with zero attached hydrogens (tertiary/aromatic N) is 2. The lowest BCUT2D eigenvalue weighted by Crippen LogP contribution is -2.56. The van der Waals surface area contributed by atoms with Crippen LogP contribution in [0.15, 0.2) is 41.8 Å². The van der Waals surface area contributed by atoms with Crippen LogP contribution in [0.3, 0.4) is 0 Å². The van der Waals surface area contributed by atoms with Crippen molar-refractivity contribution < 1.29 is 9.59 Å². The number of unbranched alkanes of at least 4 members (excludes halogenated alkanes) is 1. The van der Waals surface area contributed by atoms with E-state index in [1.54, 1.807) is 11.3 Å². The molecule has 4 fully saturated rings. The standard InChI is InChI=1S/C30H38N2O2S/c1-2-3-11-31(29(34)30-17-21-14-22(18-30)16-23(15-21)19-30)20-27(33)32-12-9-26-25(10-13-35-26)28(32)24-7-5-4-6-8-24/h4-8,10,13,21-23,28H,2-3,9,11-12,14-20H2,1H3. The lowest BCUT2D eigenvalue weighted by molar-refractivity contribution is -0.160.